The van der Waals surface area contributed by atoms with Gasteiger partial charge in [0.1, 0.15) is 22.2 Å². The third kappa shape index (κ3) is 5.27. The van der Waals surface area contributed by atoms with Gasteiger partial charge in [-0.15, -0.1) is 11.3 Å². The number of carbonyl (C=O) groups is 1. The number of carbonyl (C=O) groups excluding carboxylic acids is 1. The molecule has 2 aromatic heterocycles. The fourth-order valence-corrected chi connectivity index (χ4v) is 3.55. The van der Waals surface area contributed by atoms with Crippen LogP contribution < -0.4 is 10.1 Å². The van der Waals surface area contributed by atoms with E-state index in [4.69, 9.17) is 16.3 Å². The van der Waals surface area contributed by atoms with Gasteiger partial charge in [-0.05, 0) is 31.2 Å². The Balaban J connectivity index is 1.72. The molecule has 1 atom stereocenters. The number of amides is 1. The number of rotatable bonds is 6. The average Bonchev–Trinajstić information content (AvgIpc) is 3.23. The Labute approximate surface area is 173 Å². The zero-order valence-corrected chi connectivity index (χ0v) is 16.9. The summed E-state index contributed by atoms with van der Waals surface area (Å²) in [6.45, 7) is 1.63. The van der Waals surface area contributed by atoms with Gasteiger partial charge in [0.15, 0.2) is 6.04 Å². The molecule has 0 bridgehead atoms. The largest absolute Gasteiger partial charge is 0.486 e. The second kappa shape index (κ2) is 8.42. The molecule has 0 spiro atoms. The minimum atomic E-state index is -4.67. The highest BCUT2D eigenvalue weighted by Crippen LogP contribution is 2.33. The van der Waals surface area contributed by atoms with Gasteiger partial charge in [0.05, 0.1) is 11.9 Å². The molecular weight excluding hydrogens is 429 g/mol. The summed E-state index contributed by atoms with van der Waals surface area (Å²) in [5.74, 6) is -0.300. The van der Waals surface area contributed by atoms with Crippen molar-refractivity contribution < 1.29 is 22.7 Å². The Bertz CT molecular complexity index is 1000. The third-order valence-electron chi connectivity index (χ3n) is 3.88. The van der Waals surface area contributed by atoms with Crippen LogP contribution >= 0.6 is 22.9 Å². The highest BCUT2D eigenvalue weighted by Gasteiger charge is 2.43. The van der Waals surface area contributed by atoms with Crippen molar-refractivity contribution in [2.45, 2.75) is 25.7 Å². The fraction of sp³-hybridized carbons (Fsp3) is 0.278. The summed E-state index contributed by atoms with van der Waals surface area (Å²) in [7, 11) is 1.50. The fourth-order valence-electron chi connectivity index (χ4n) is 2.54. The quantitative estimate of drug-likeness (QED) is 0.610. The van der Waals surface area contributed by atoms with Gasteiger partial charge in [0, 0.05) is 23.8 Å². The van der Waals surface area contributed by atoms with E-state index in [9.17, 15) is 18.0 Å². The first-order chi connectivity index (χ1) is 13.6. The summed E-state index contributed by atoms with van der Waals surface area (Å²) in [6, 6.07) is 4.52. The van der Waals surface area contributed by atoms with Crippen LogP contribution in [0.2, 0.25) is 5.02 Å². The molecule has 6 nitrogen and oxygen atoms in total. The van der Waals surface area contributed by atoms with E-state index in [-0.39, 0.29) is 17.0 Å². The van der Waals surface area contributed by atoms with E-state index in [1.165, 1.54) is 17.9 Å². The van der Waals surface area contributed by atoms with Gasteiger partial charge in [0.25, 0.3) is 5.91 Å². The minimum Gasteiger partial charge on any atom is -0.486 e. The molecule has 3 aromatic rings. The molecule has 29 heavy (non-hydrogen) atoms. The first kappa shape index (κ1) is 21.1. The highest BCUT2D eigenvalue weighted by atomic mass is 35.5. The van der Waals surface area contributed by atoms with E-state index >= 15 is 0 Å². The number of nitrogens with zero attached hydrogens (tertiary/aromatic N) is 3. The number of alkyl halides is 3. The van der Waals surface area contributed by atoms with Gasteiger partial charge in [0.2, 0.25) is 0 Å². The van der Waals surface area contributed by atoms with E-state index < -0.39 is 18.1 Å². The molecule has 0 saturated carbocycles. The van der Waals surface area contributed by atoms with Crippen molar-refractivity contribution in [2.24, 2.45) is 7.05 Å². The van der Waals surface area contributed by atoms with Crippen LogP contribution in [0.3, 0.4) is 0 Å². The third-order valence-corrected chi connectivity index (χ3v) is 5.27. The van der Waals surface area contributed by atoms with Gasteiger partial charge < -0.3 is 10.1 Å². The van der Waals surface area contributed by atoms with Crippen molar-refractivity contribution in [3.05, 3.63) is 62.8 Å². The maximum atomic E-state index is 13.4. The van der Waals surface area contributed by atoms with E-state index in [1.54, 1.807) is 31.2 Å². The molecule has 1 amide bonds. The second-order valence-corrected chi connectivity index (χ2v) is 7.68. The van der Waals surface area contributed by atoms with Crippen LogP contribution in [0.4, 0.5) is 13.2 Å². The number of aryl methyl sites for hydroxylation is 2. The lowest BCUT2D eigenvalue weighted by molar-refractivity contribution is -0.155. The number of hydrogen-bond acceptors (Lipinski definition) is 5. The van der Waals surface area contributed by atoms with Crippen LogP contribution in [0.1, 0.15) is 32.0 Å². The lowest BCUT2D eigenvalue weighted by atomic mass is 10.1. The summed E-state index contributed by atoms with van der Waals surface area (Å²) in [6.07, 6.45) is -2.38. The summed E-state index contributed by atoms with van der Waals surface area (Å²) >= 11 is 6.79. The summed E-state index contributed by atoms with van der Waals surface area (Å²) in [5, 5.41) is 6.81. The van der Waals surface area contributed by atoms with E-state index in [1.807, 2.05) is 5.32 Å². The SMILES string of the molecule is Cc1nc(COc2ccc(Cl)cc2)sc1C(=O)NC(c1cnn(C)c1)C(F)(F)F. The number of benzene rings is 1. The molecule has 3 rings (SSSR count). The van der Waals surface area contributed by atoms with Gasteiger partial charge in [-0.1, -0.05) is 11.6 Å². The Morgan fingerprint density at radius 3 is 2.62 bits per heavy atom. The zero-order valence-electron chi connectivity index (χ0n) is 15.3. The lowest BCUT2D eigenvalue weighted by Gasteiger charge is -2.20. The number of aromatic nitrogens is 3. The minimum absolute atomic E-state index is 0.0751. The smallest absolute Gasteiger partial charge is 0.413 e. The number of hydrogen-bond donors (Lipinski definition) is 1. The van der Waals surface area contributed by atoms with Crippen molar-refractivity contribution in [1.29, 1.82) is 0 Å². The van der Waals surface area contributed by atoms with E-state index in [0.29, 0.717) is 21.5 Å². The Kier molecular flexibility index (Phi) is 6.13. The van der Waals surface area contributed by atoms with Crippen LogP contribution in [-0.2, 0) is 13.7 Å². The van der Waals surface area contributed by atoms with Crippen molar-refractivity contribution in [3.63, 3.8) is 0 Å². The summed E-state index contributed by atoms with van der Waals surface area (Å²) in [4.78, 5) is 16.8. The highest BCUT2D eigenvalue weighted by molar-refractivity contribution is 7.13. The summed E-state index contributed by atoms with van der Waals surface area (Å²) in [5.41, 5.74) is 0.177. The van der Waals surface area contributed by atoms with Crippen LogP contribution in [0.5, 0.6) is 5.75 Å². The second-order valence-electron chi connectivity index (χ2n) is 6.16. The Morgan fingerprint density at radius 2 is 2.03 bits per heavy atom. The number of thiazole rings is 1. The lowest BCUT2D eigenvalue weighted by Crippen LogP contribution is -2.37. The predicted molar refractivity (Wildman–Crippen MR) is 102 cm³/mol. The molecule has 154 valence electrons. The Morgan fingerprint density at radius 1 is 1.34 bits per heavy atom. The van der Waals surface area contributed by atoms with Gasteiger partial charge in [-0.3, -0.25) is 9.48 Å². The Hall–Kier alpha value is -2.59. The maximum absolute atomic E-state index is 13.4. The molecule has 0 radical (unpaired) electrons. The van der Waals surface area contributed by atoms with Crippen LogP contribution in [0.25, 0.3) is 0 Å². The number of halogens is 4. The topological polar surface area (TPSA) is 69.0 Å². The molecule has 11 heteroatoms. The average molecular weight is 445 g/mol. The predicted octanol–water partition coefficient (Wildman–Crippen LogP) is 4.45. The van der Waals surface area contributed by atoms with Gasteiger partial charge in [-0.2, -0.15) is 18.3 Å². The molecule has 0 aliphatic heterocycles. The van der Waals surface area contributed by atoms with Crippen molar-refractivity contribution >= 4 is 28.8 Å². The van der Waals surface area contributed by atoms with Crippen LogP contribution in [0, 0.1) is 6.92 Å². The first-order valence-corrected chi connectivity index (χ1v) is 9.53. The number of nitrogens with one attached hydrogen (secondary N) is 1. The molecule has 1 aromatic carbocycles. The standard InChI is InChI=1S/C18H16ClF3N4O2S/c1-10-15(29-14(24-10)9-28-13-5-3-12(19)4-6-13)17(27)25-16(18(20,21)22)11-7-23-26(2)8-11/h3-8,16H,9H2,1-2H3,(H,25,27). The van der Waals surface area contributed by atoms with E-state index in [2.05, 4.69) is 10.1 Å². The van der Waals surface area contributed by atoms with Crippen molar-refractivity contribution in [3.8, 4) is 5.75 Å². The first-order valence-electron chi connectivity index (χ1n) is 8.34. The molecule has 1 N–H and O–H groups in total. The molecule has 0 aliphatic rings. The molecule has 0 aliphatic carbocycles. The van der Waals surface area contributed by atoms with Crippen LogP contribution in [-0.4, -0.2) is 26.8 Å². The molecular formula is C18H16ClF3N4O2S. The molecule has 0 saturated heterocycles. The van der Waals surface area contributed by atoms with Crippen LogP contribution in [0.15, 0.2) is 36.7 Å². The molecule has 1 unspecified atom stereocenters. The maximum Gasteiger partial charge on any atom is 0.413 e. The van der Waals surface area contributed by atoms with Gasteiger partial charge >= 0.3 is 6.18 Å². The van der Waals surface area contributed by atoms with Crippen molar-refractivity contribution in [2.75, 3.05) is 0 Å². The van der Waals surface area contributed by atoms with E-state index in [0.717, 1.165) is 17.5 Å². The van der Waals surface area contributed by atoms with Crippen molar-refractivity contribution in [1.82, 2.24) is 20.1 Å². The molecule has 0 fully saturated rings. The van der Waals surface area contributed by atoms with Gasteiger partial charge in [-0.25, -0.2) is 4.98 Å². The molecule has 2 heterocycles. The zero-order chi connectivity index (χ0) is 21.2. The normalized spacial score (nSPS) is 12.6. The summed E-state index contributed by atoms with van der Waals surface area (Å²) < 4.78 is 47.1. The monoisotopic (exact) mass is 444 g/mol. The number of ether oxygens (including phenoxy) is 1.